The zero-order valence-electron chi connectivity index (χ0n) is 21.5. The number of carbonyl (C=O) groups excluding carboxylic acids is 1. The lowest BCUT2D eigenvalue weighted by molar-refractivity contribution is -0.265. The highest BCUT2D eigenvalue weighted by Crippen LogP contribution is 2.35. The van der Waals surface area contributed by atoms with Crippen molar-refractivity contribution in [3.63, 3.8) is 0 Å². The van der Waals surface area contributed by atoms with E-state index < -0.39 is 35.4 Å². The first kappa shape index (κ1) is 30.3. The van der Waals surface area contributed by atoms with E-state index in [9.17, 15) is 22.8 Å². The molecule has 4 heterocycles. The third-order valence-electron chi connectivity index (χ3n) is 5.51. The maximum atomic E-state index is 13.8. The van der Waals surface area contributed by atoms with Gasteiger partial charge in [0, 0.05) is 29.4 Å². The van der Waals surface area contributed by atoms with Crippen molar-refractivity contribution in [1.29, 1.82) is 0 Å². The molecule has 0 saturated heterocycles. The molecule has 4 aromatic rings. The standard InChI is InChI=1S/C20H13F3N6O3S.C6H8O3/c1-32-15-8-24-14(17(22)23)5-11(15)10-6-16(29-4-2-3-13(21)19(29)31)25-7-12(10)18(30)27-20-28-26-9-33-20;7-6(8,9)4-3-5-1-2-5/h2-9,17H,1H3,(H,27,28,30);5,7-9H,1-2H2. The van der Waals surface area contributed by atoms with Gasteiger partial charge < -0.3 is 20.1 Å². The van der Waals surface area contributed by atoms with E-state index in [1.165, 1.54) is 30.9 Å². The summed E-state index contributed by atoms with van der Waals surface area (Å²) in [5, 5.41) is 34.8. The molecule has 0 atom stereocenters. The summed E-state index contributed by atoms with van der Waals surface area (Å²) in [6.07, 6.45) is 2.64. The summed E-state index contributed by atoms with van der Waals surface area (Å²) in [4.78, 5) is 32.9. The molecule has 1 fully saturated rings. The van der Waals surface area contributed by atoms with Crippen LogP contribution in [0.15, 0.2) is 53.2 Å². The van der Waals surface area contributed by atoms with E-state index >= 15 is 0 Å². The number of nitrogens with zero attached hydrogens (tertiary/aromatic N) is 5. The number of methoxy groups -OCH3 is 1. The van der Waals surface area contributed by atoms with Gasteiger partial charge in [-0.25, -0.2) is 18.2 Å². The molecule has 16 heteroatoms. The topological polar surface area (TPSA) is 173 Å². The van der Waals surface area contributed by atoms with Crippen LogP contribution in [-0.2, 0) is 0 Å². The molecule has 1 amide bonds. The summed E-state index contributed by atoms with van der Waals surface area (Å²) < 4.78 is 46.7. The van der Waals surface area contributed by atoms with Crippen LogP contribution in [0.1, 0.15) is 35.3 Å². The van der Waals surface area contributed by atoms with Crippen LogP contribution in [-0.4, -0.2) is 59.0 Å². The molecule has 0 bridgehead atoms. The number of anilines is 1. The molecule has 1 saturated carbocycles. The van der Waals surface area contributed by atoms with Gasteiger partial charge in [-0.15, -0.1) is 10.2 Å². The predicted molar refractivity (Wildman–Crippen MR) is 142 cm³/mol. The third-order valence-corrected chi connectivity index (χ3v) is 6.11. The van der Waals surface area contributed by atoms with Crippen molar-refractivity contribution in [3.8, 4) is 34.5 Å². The maximum Gasteiger partial charge on any atom is 0.345 e. The van der Waals surface area contributed by atoms with Gasteiger partial charge in [0.1, 0.15) is 22.8 Å². The Balaban J connectivity index is 0.000000385. The van der Waals surface area contributed by atoms with Crippen LogP contribution in [0.2, 0.25) is 0 Å². The van der Waals surface area contributed by atoms with Crippen molar-refractivity contribution in [1.82, 2.24) is 24.7 Å². The van der Waals surface area contributed by atoms with Crippen LogP contribution in [0.4, 0.5) is 18.3 Å². The largest absolute Gasteiger partial charge is 0.494 e. The van der Waals surface area contributed by atoms with E-state index in [0.717, 1.165) is 53.3 Å². The Morgan fingerprint density at radius 1 is 1.21 bits per heavy atom. The van der Waals surface area contributed by atoms with E-state index in [-0.39, 0.29) is 39.3 Å². The summed E-state index contributed by atoms with van der Waals surface area (Å²) in [6, 6.07) is 4.65. The van der Waals surface area contributed by atoms with Gasteiger partial charge in [0.05, 0.1) is 18.9 Å². The molecule has 0 unspecified atom stereocenters. The number of aromatic nitrogens is 5. The van der Waals surface area contributed by atoms with Gasteiger partial charge in [0.15, 0.2) is 5.82 Å². The predicted octanol–water partition coefficient (Wildman–Crippen LogP) is 2.51. The van der Waals surface area contributed by atoms with Crippen molar-refractivity contribution >= 4 is 22.4 Å². The minimum atomic E-state index is -2.89. The summed E-state index contributed by atoms with van der Waals surface area (Å²) in [5.41, 5.74) is 0.0370. The molecule has 218 valence electrons. The molecule has 0 spiro atoms. The number of nitrogens with one attached hydrogen (secondary N) is 1. The number of ether oxygens (including phenoxy) is 1. The molecule has 1 aliphatic rings. The first-order chi connectivity index (χ1) is 20.0. The second kappa shape index (κ2) is 12.9. The van der Waals surface area contributed by atoms with Crippen molar-refractivity contribution < 1.29 is 38.0 Å². The third kappa shape index (κ3) is 7.73. The average molecular weight is 603 g/mol. The highest BCUT2D eigenvalue weighted by Gasteiger charge is 2.22. The van der Waals surface area contributed by atoms with Crippen LogP contribution in [0, 0.1) is 23.6 Å². The van der Waals surface area contributed by atoms with Crippen LogP contribution in [0.25, 0.3) is 16.9 Å². The molecule has 0 radical (unpaired) electrons. The molecule has 12 nitrogen and oxygen atoms in total. The Morgan fingerprint density at radius 2 is 1.98 bits per heavy atom. The zero-order valence-corrected chi connectivity index (χ0v) is 22.3. The second-order valence-corrected chi connectivity index (χ2v) is 9.44. The summed E-state index contributed by atoms with van der Waals surface area (Å²) in [7, 11) is 1.31. The minimum Gasteiger partial charge on any atom is -0.494 e. The lowest BCUT2D eigenvalue weighted by Gasteiger charge is -2.15. The number of amides is 1. The van der Waals surface area contributed by atoms with Gasteiger partial charge >= 0.3 is 5.97 Å². The van der Waals surface area contributed by atoms with Crippen molar-refractivity contribution in [2.75, 3.05) is 12.4 Å². The smallest absolute Gasteiger partial charge is 0.345 e. The molecule has 4 N–H and O–H groups in total. The zero-order chi connectivity index (χ0) is 30.4. The first-order valence-corrected chi connectivity index (χ1v) is 12.8. The van der Waals surface area contributed by atoms with Crippen LogP contribution < -0.4 is 15.6 Å². The quantitative estimate of drug-likeness (QED) is 0.190. The van der Waals surface area contributed by atoms with Gasteiger partial charge in [-0.2, -0.15) is 0 Å². The van der Waals surface area contributed by atoms with Crippen LogP contribution >= 0.6 is 11.3 Å². The normalized spacial score (nSPS) is 12.6. The van der Waals surface area contributed by atoms with E-state index in [4.69, 9.17) is 20.1 Å². The van der Waals surface area contributed by atoms with Gasteiger partial charge in [-0.3, -0.25) is 24.5 Å². The van der Waals surface area contributed by atoms with Crippen LogP contribution in [0.3, 0.4) is 0 Å². The van der Waals surface area contributed by atoms with Crippen molar-refractivity contribution in [3.05, 3.63) is 75.8 Å². The summed E-state index contributed by atoms with van der Waals surface area (Å²) >= 11 is 1.07. The highest BCUT2D eigenvalue weighted by atomic mass is 32.1. The lowest BCUT2D eigenvalue weighted by atomic mass is 10.00. The molecular formula is C26H21F3N6O6S. The number of pyridine rings is 3. The Morgan fingerprint density at radius 3 is 2.60 bits per heavy atom. The summed E-state index contributed by atoms with van der Waals surface area (Å²) in [5.74, 6) is 0.255. The molecular weight excluding hydrogens is 581 g/mol. The first-order valence-electron chi connectivity index (χ1n) is 11.9. The van der Waals surface area contributed by atoms with Gasteiger partial charge in [0.25, 0.3) is 17.9 Å². The average Bonchev–Trinajstić information content (AvgIpc) is 3.66. The fourth-order valence-corrected chi connectivity index (χ4v) is 3.84. The molecule has 4 aromatic heterocycles. The monoisotopic (exact) mass is 602 g/mol. The van der Waals surface area contributed by atoms with Gasteiger partial charge in [-0.1, -0.05) is 17.3 Å². The number of carbonyl (C=O) groups is 1. The number of aliphatic hydroxyl groups is 3. The Bertz CT molecular complexity index is 1700. The fraction of sp³-hybridized carbons (Fsp3) is 0.231. The highest BCUT2D eigenvalue weighted by molar-refractivity contribution is 7.13. The SMILES string of the molecule is COc1cnc(C(F)F)cc1-c1cc(-n2cccc(F)c2=O)ncc1C(=O)Nc1nncs1.OC(O)(O)C#CC1CC1. The Hall–Kier alpha value is -4.69. The van der Waals surface area contributed by atoms with Crippen molar-refractivity contribution in [2.24, 2.45) is 5.92 Å². The van der Waals surface area contributed by atoms with E-state index in [1.54, 1.807) is 0 Å². The lowest BCUT2D eigenvalue weighted by Crippen LogP contribution is -2.24. The number of rotatable bonds is 6. The molecule has 0 aromatic carbocycles. The van der Waals surface area contributed by atoms with Crippen molar-refractivity contribution in [2.45, 2.75) is 25.2 Å². The minimum absolute atomic E-state index is 0.0388. The second-order valence-electron chi connectivity index (χ2n) is 8.61. The molecule has 42 heavy (non-hydrogen) atoms. The maximum absolute atomic E-state index is 13.8. The number of alkyl halides is 2. The molecule has 0 aliphatic heterocycles. The van der Waals surface area contributed by atoms with Gasteiger partial charge in [0.2, 0.25) is 5.13 Å². The van der Waals surface area contributed by atoms with Gasteiger partial charge in [-0.05, 0) is 43.0 Å². The Kier molecular flexibility index (Phi) is 9.28. The van der Waals surface area contributed by atoms with E-state index in [2.05, 4.69) is 31.4 Å². The fourth-order valence-electron chi connectivity index (χ4n) is 3.40. The molecule has 5 rings (SSSR count). The summed E-state index contributed by atoms with van der Waals surface area (Å²) in [6.45, 7) is 0. The van der Waals surface area contributed by atoms with E-state index in [1.807, 2.05) is 5.92 Å². The number of halogens is 3. The number of hydrogen-bond donors (Lipinski definition) is 4. The van der Waals surface area contributed by atoms with Crippen LogP contribution in [0.5, 0.6) is 5.75 Å². The number of hydrogen-bond acceptors (Lipinski definition) is 11. The van der Waals surface area contributed by atoms with E-state index in [0.29, 0.717) is 0 Å². The Labute approximate surface area is 239 Å². The molecule has 1 aliphatic carbocycles.